The Morgan fingerprint density at radius 2 is 2.11 bits per heavy atom. The number of anilines is 1. The number of hydrogen-bond donors (Lipinski definition) is 1. The van der Waals surface area contributed by atoms with Crippen molar-refractivity contribution < 1.29 is 4.74 Å². The second-order valence-corrected chi connectivity index (χ2v) is 4.12. The third-order valence-electron chi connectivity index (χ3n) is 2.73. The van der Waals surface area contributed by atoms with Crippen molar-refractivity contribution in [1.29, 1.82) is 5.26 Å². The van der Waals surface area contributed by atoms with Crippen LogP contribution in [0.2, 0.25) is 0 Å². The summed E-state index contributed by atoms with van der Waals surface area (Å²) in [6.07, 6.45) is 3.56. The summed E-state index contributed by atoms with van der Waals surface area (Å²) in [6, 6.07) is 13.7. The predicted molar refractivity (Wildman–Crippen MR) is 73.8 cm³/mol. The molecule has 1 heterocycles. The first-order chi connectivity index (χ1) is 9.29. The van der Waals surface area contributed by atoms with E-state index in [1.165, 1.54) is 5.56 Å². The molecule has 4 heteroatoms. The van der Waals surface area contributed by atoms with Crippen LogP contribution in [-0.2, 0) is 0 Å². The molecule has 2 aromatic rings. The Hall–Kier alpha value is -2.54. The number of hydrogen-bond acceptors (Lipinski definition) is 4. The van der Waals surface area contributed by atoms with Gasteiger partial charge in [0.2, 0.25) is 0 Å². The van der Waals surface area contributed by atoms with Crippen LogP contribution in [-0.4, -0.2) is 11.6 Å². The molecule has 1 N–H and O–H groups in total. The first-order valence-electron chi connectivity index (χ1n) is 6.06. The maximum atomic E-state index is 8.49. The molecule has 96 valence electrons. The lowest BCUT2D eigenvalue weighted by atomic mass is 10.1. The minimum absolute atomic E-state index is 0.0589. The van der Waals surface area contributed by atoms with E-state index in [4.69, 9.17) is 10.00 Å². The average molecular weight is 253 g/mol. The molecular formula is C15H15N3O. The molecule has 2 rings (SSSR count). The highest BCUT2D eigenvalue weighted by molar-refractivity contribution is 5.49. The molecule has 0 aliphatic carbocycles. The first kappa shape index (κ1) is 12.9. The molecule has 19 heavy (non-hydrogen) atoms. The molecule has 0 saturated heterocycles. The largest absolute Gasteiger partial charge is 0.479 e. The van der Waals surface area contributed by atoms with Crippen LogP contribution in [0.4, 0.5) is 5.69 Å². The zero-order chi connectivity index (χ0) is 13.5. The standard InChI is InChI=1S/C15H15N3O/c1-12(13-5-8-17-9-6-13)18-14-3-2-4-15(11-14)19-10-7-16/h2-6,8-9,11-12,18H,10H2,1H3. The van der Waals surface area contributed by atoms with E-state index in [1.807, 2.05) is 42.5 Å². The molecule has 0 aliphatic heterocycles. The fraction of sp³-hybridized carbons (Fsp3) is 0.200. The normalized spacial score (nSPS) is 11.4. The molecule has 1 aromatic heterocycles. The SMILES string of the molecule is CC(Nc1cccc(OCC#N)c1)c1ccncc1. The molecule has 1 unspecified atom stereocenters. The Morgan fingerprint density at radius 1 is 1.32 bits per heavy atom. The van der Waals surface area contributed by atoms with Crippen molar-refractivity contribution in [3.8, 4) is 11.8 Å². The minimum atomic E-state index is 0.0589. The molecule has 0 radical (unpaired) electrons. The van der Waals surface area contributed by atoms with Gasteiger partial charge in [-0.25, -0.2) is 0 Å². The van der Waals surface area contributed by atoms with Crippen molar-refractivity contribution in [3.63, 3.8) is 0 Å². The zero-order valence-corrected chi connectivity index (χ0v) is 10.7. The number of pyridine rings is 1. The molecule has 0 fully saturated rings. The van der Waals surface area contributed by atoms with E-state index in [9.17, 15) is 0 Å². The van der Waals surface area contributed by atoms with E-state index in [1.54, 1.807) is 12.4 Å². The van der Waals surface area contributed by atoms with Crippen LogP contribution in [0.25, 0.3) is 0 Å². The lowest BCUT2D eigenvalue weighted by Crippen LogP contribution is -2.06. The maximum absolute atomic E-state index is 8.49. The number of ether oxygens (including phenoxy) is 1. The van der Waals surface area contributed by atoms with Crippen LogP contribution in [0, 0.1) is 11.3 Å². The number of nitrogens with zero attached hydrogens (tertiary/aromatic N) is 2. The van der Waals surface area contributed by atoms with Gasteiger partial charge >= 0.3 is 0 Å². The van der Waals surface area contributed by atoms with Gasteiger partial charge in [0, 0.05) is 30.2 Å². The number of rotatable bonds is 5. The summed E-state index contributed by atoms with van der Waals surface area (Å²) < 4.78 is 5.27. The number of nitrogens with one attached hydrogen (secondary N) is 1. The summed E-state index contributed by atoms with van der Waals surface area (Å²) in [4.78, 5) is 4.00. The maximum Gasteiger partial charge on any atom is 0.174 e. The van der Waals surface area contributed by atoms with Gasteiger partial charge in [-0.05, 0) is 36.8 Å². The molecule has 0 amide bonds. The topological polar surface area (TPSA) is 57.9 Å². The molecule has 1 aromatic carbocycles. The summed E-state index contributed by atoms with van der Waals surface area (Å²) in [5.41, 5.74) is 2.12. The van der Waals surface area contributed by atoms with Crippen LogP contribution in [0.5, 0.6) is 5.75 Å². The second-order valence-electron chi connectivity index (χ2n) is 4.12. The molecule has 0 aliphatic rings. The molecule has 4 nitrogen and oxygen atoms in total. The molecular weight excluding hydrogens is 238 g/mol. The van der Waals surface area contributed by atoms with E-state index in [2.05, 4.69) is 17.2 Å². The Kier molecular flexibility index (Phi) is 4.35. The summed E-state index contributed by atoms with van der Waals surface area (Å²) in [5, 5.41) is 11.9. The van der Waals surface area contributed by atoms with Gasteiger partial charge in [-0.2, -0.15) is 5.26 Å². The second kappa shape index (κ2) is 6.41. The quantitative estimate of drug-likeness (QED) is 0.889. The summed E-state index contributed by atoms with van der Waals surface area (Å²) in [7, 11) is 0. The van der Waals surface area contributed by atoms with Gasteiger partial charge in [0.15, 0.2) is 6.61 Å². The van der Waals surface area contributed by atoms with E-state index < -0.39 is 0 Å². The number of nitriles is 1. The minimum Gasteiger partial charge on any atom is -0.479 e. The van der Waals surface area contributed by atoms with Crippen molar-refractivity contribution in [2.75, 3.05) is 11.9 Å². The van der Waals surface area contributed by atoms with Crippen molar-refractivity contribution in [2.24, 2.45) is 0 Å². The fourth-order valence-electron chi connectivity index (χ4n) is 1.78. The van der Waals surface area contributed by atoms with E-state index >= 15 is 0 Å². The van der Waals surface area contributed by atoms with E-state index in [-0.39, 0.29) is 12.6 Å². The Bertz CT molecular complexity index is 563. The Labute approximate surface area is 112 Å². The summed E-state index contributed by atoms with van der Waals surface area (Å²) in [5.74, 6) is 0.688. The van der Waals surface area contributed by atoms with Gasteiger partial charge in [-0.3, -0.25) is 4.98 Å². The summed E-state index contributed by atoms with van der Waals surface area (Å²) in [6.45, 7) is 2.14. The van der Waals surface area contributed by atoms with Crippen molar-refractivity contribution in [2.45, 2.75) is 13.0 Å². The molecule has 0 bridgehead atoms. The predicted octanol–water partition coefficient (Wildman–Crippen LogP) is 3.16. The van der Waals surface area contributed by atoms with Crippen molar-refractivity contribution >= 4 is 5.69 Å². The van der Waals surface area contributed by atoms with Gasteiger partial charge < -0.3 is 10.1 Å². The van der Waals surface area contributed by atoms with Crippen LogP contribution in [0.3, 0.4) is 0 Å². The monoisotopic (exact) mass is 253 g/mol. The number of benzene rings is 1. The lowest BCUT2D eigenvalue weighted by Gasteiger charge is -2.16. The van der Waals surface area contributed by atoms with E-state index in [0.717, 1.165) is 5.69 Å². The van der Waals surface area contributed by atoms with Crippen LogP contribution in [0.15, 0.2) is 48.8 Å². The Balaban J connectivity index is 2.05. The van der Waals surface area contributed by atoms with Crippen molar-refractivity contribution in [1.82, 2.24) is 4.98 Å². The van der Waals surface area contributed by atoms with Gasteiger partial charge in [0.1, 0.15) is 11.8 Å². The average Bonchev–Trinajstić information content (AvgIpc) is 2.46. The first-order valence-corrected chi connectivity index (χ1v) is 6.06. The van der Waals surface area contributed by atoms with E-state index in [0.29, 0.717) is 5.75 Å². The Morgan fingerprint density at radius 3 is 2.84 bits per heavy atom. The molecule has 0 spiro atoms. The fourth-order valence-corrected chi connectivity index (χ4v) is 1.78. The summed E-state index contributed by atoms with van der Waals surface area (Å²) >= 11 is 0. The smallest absolute Gasteiger partial charge is 0.174 e. The van der Waals surface area contributed by atoms with Crippen LogP contribution in [0.1, 0.15) is 18.5 Å². The van der Waals surface area contributed by atoms with Gasteiger partial charge in [-0.15, -0.1) is 0 Å². The van der Waals surface area contributed by atoms with Crippen molar-refractivity contribution in [3.05, 3.63) is 54.4 Å². The lowest BCUT2D eigenvalue weighted by molar-refractivity contribution is 0.368. The third kappa shape index (κ3) is 3.71. The third-order valence-corrected chi connectivity index (χ3v) is 2.73. The number of aromatic nitrogens is 1. The van der Waals surface area contributed by atoms with Crippen LogP contribution < -0.4 is 10.1 Å². The van der Waals surface area contributed by atoms with Crippen LogP contribution >= 0.6 is 0 Å². The molecule has 0 saturated carbocycles. The zero-order valence-electron chi connectivity index (χ0n) is 10.7. The molecule has 1 atom stereocenters. The van der Waals surface area contributed by atoms with Gasteiger partial charge in [-0.1, -0.05) is 6.07 Å². The highest BCUT2D eigenvalue weighted by Gasteiger charge is 2.05. The highest BCUT2D eigenvalue weighted by Crippen LogP contribution is 2.22. The van der Waals surface area contributed by atoms with Gasteiger partial charge in [0.05, 0.1) is 0 Å². The highest BCUT2D eigenvalue weighted by atomic mass is 16.5. The van der Waals surface area contributed by atoms with Gasteiger partial charge in [0.25, 0.3) is 0 Å².